The normalized spacial score (nSPS) is 11.3. The van der Waals surface area contributed by atoms with Crippen molar-refractivity contribution < 1.29 is 4.79 Å². The van der Waals surface area contributed by atoms with Gasteiger partial charge in [0, 0.05) is 23.2 Å². The maximum Gasteiger partial charge on any atom is 0.271 e. The average Bonchev–Trinajstić information content (AvgIpc) is 2.54. The molecule has 1 aromatic carbocycles. The molecule has 0 atom stereocenters. The van der Waals surface area contributed by atoms with Crippen molar-refractivity contribution in [3.63, 3.8) is 0 Å². The SMILES string of the molecule is NC(=O)c1nc2c3cccnc3c3ncccc3c2nc1N. The molecular formula is C15H10N6O. The lowest BCUT2D eigenvalue weighted by Gasteiger charge is -2.09. The van der Waals surface area contributed by atoms with Gasteiger partial charge in [0.15, 0.2) is 11.5 Å². The highest BCUT2D eigenvalue weighted by atomic mass is 16.1. The number of nitrogens with two attached hydrogens (primary N) is 2. The van der Waals surface area contributed by atoms with Crippen LogP contribution in [0.25, 0.3) is 32.8 Å². The van der Waals surface area contributed by atoms with Crippen molar-refractivity contribution in [1.29, 1.82) is 0 Å². The number of nitrogens with zero attached hydrogens (tertiary/aromatic N) is 4. The number of anilines is 1. The molecule has 0 unspecified atom stereocenters. The van der Waals surface area contributed by atoms with E-state index in [1.807, 2.05) is 12.1 Å². The Hall–Kier alpha value is -3.35. The molecular weight excluding hydrogens is 280 g/mol. The summed E-state index contributed by atoms with van der Waals surface area (Å²) in [4.78, 5) is 28.9. The Labute approximate surface area is 124 Å². The summed E-state index contributed by atoms with van der Waals surface area (Å²) in [5, 5.41) is 1.53. The lowest BCUT2D eigenvalue weighted by atomic mass is 10.1. The minimum Gasteiger partial charge on any atom is -0.382 e. The summed E-state index contributed by atoms with van der Waals surface area (Å²) in [7, 11) is 0. The van der Waals surface area contributed by atoms with Gasteiger partial charge >= 0.3 is 0 Å². The summed E-state index contributed by atoms with van der Waals surface area (Å²) in [6.45, 7) is 0. The third kappa shape index (κ3) is 1.59. The van der Waals surface area contributed by atoms with Crippen molar-refractivity contribution in [3.05, 3.63) is 42.4 Å². The van der Waals surface area contributed by atoms with Gasteiger partial charge in [0.25, 0.3) is 5.91 Å². The van der Waals surface area contributed by atoms with E-state index in [-0.39, 0.29) is 11.5 Å². The second-order valence-corrected chi connectivity index (χ2v) is 4.82. The topological polar surface area (TPSA) is 121 Å². The number of rotatable bonds is 1. The fourth-order valence-corrected chi connectivity index (χ4v) is 2.58. The molecule has 4 N–H and O–H groups in total. The second-order valence-electron chi connectivity index (χ2n) is 4.82. The molecule has 3 aromatic heterocycles. The molecule has 7 nitrogen and oxygen atoms in total. The Balaban J connectivity index is 2.35. The second kappa shape index (κ2) is 4.32. The number of amides is 1. The summed E-state index contributed by atoms with van der Waals surface area (Å²) in [5.74, 6) is -0.705. The van der Waals surface area contributed by atoms with Crippen LogP contribution in [0.4, 0.5) is 5.82 Å². The number of carbonyl (C=O) groups excluding carboxylic acids is 1. The third-order valence-electron chi connectivity index (χ3n) is 3.51. The van der Waals surface area contributed by atoms with E-state index in [0.29, 0.717) is 22.1 Å². The number of aromatic nitrogens is 4. The highest BCUT2D eigenvalue weighted by Gasteiger charge is 2.17. The number of hydrogen-bond acceptors (Lipinski definition) is 6. The molecule has 0 saturated carbocycles. The quantitative estimate of drug-likeness (QED) is 0.511. The van der Waals surface area contributed by atoms with Crippen LogP contribution in [0, 0.1) is 0 Å². The Kier molecular flexibility index (Phi) is 2.43. The molecule has 22 heavy (non-hydrogen) atoms. The van der Waals surface area contributed by atoms with Gasteiger partial charge in [-0.3, -0.25) is 14.8 Å². The molecule has 4 rings (SSSR count). The molecule has 0 fully saturated rings. The van der Waals surface area contributed by atoms with Gasteiger partial charge in [-0.15, -0.1) is 0 Å². The first kappa shape index (κ1) is 12.4. The molecule has 7 heteroatoms. The first-order valence-corrected chi connectivity index (χ1v) is 6.55. The van der Waals surface area contributed by atoms with Crippen LogP contribution in [0.15, 0.2) is 36.7 Å². The standard InChI is InChI=1S/C15H10N6O/c16-14-13(15(17)22)20-11-7-3-1-5-18-9(7)10-8(12(11)21-14)4-2-6-19-10/h1-6H,(H2,16,21)(H2,17,22). The summed E-state index contributed by atoms with van der Waals surface area (Å²) < 4.78 is 0. The van der Waals surface area contributed by atoms with Crippen molar-refractivity contribution in [1.82, 2.24) is 19.9 Å². The zero-order chi connectivity index (χ0) is 15.3. The Morgan fingerprint density at radius 1 is 0.864 bits per heavy atom. The summed E-state index contributed by atoms with van der Waals surface area (Å²) in [6.07, 6.45) is 3.37. The van der Waals surface area contributed by atoms with Crippen molar-refractivity contribution in [2.24, 2.45) is 5.73 Å². The molecule has 0 aliphatic heterocycles. The molecule has 1 amide bonds. The van der Waals surface area contributed by atoms with Crippen LogP contribution in [0.5, 0.6) is 0 Å². The fourth-order valence-electron chi connectivity index (χ4n) is 2.58. The molecule has 0 saturated heterocycles. The zero-order valence-corrected chi connectivity index (χ0v) is 11.3. The molecule has 4 aromatic rings. The van der Waals surface area contributed by atoms with Crippen molar-refractivity contribution >= 4 is 44.6 Å². The maximum atomic E-state index is 11.5. The van der Waals surface area contributed by atoms with Gasteiger partial charge in [0.2, 0.25) is 0 Å². The van der Waals surface area contributed by atoms with Gasteiger partial charge in [0.05, 0.1) is 16.6 Å². The smallest absolute Gasteiger partial charge is 0.271 e. The average molecular weight is 290 g/mol. The van der Waals surface area contributed by atoms with Gasteiger partial charge in [-0.1, -0.05) is 0 Å². The Morgan fingerprint density at radius 3 is 1.95 bits per heavy atom. The minimum atomic E-state index is -0.713. The van der Waals surface area contributed by atoms with Crippen molar-refractivity contribution in [2.45, 2.75) is 0 Å². The van der Waals surface area contributed by atoms with Gasteiger partial charge in [-0.2, -0.15) is 0 Å². The third-order valence-corrected chi connectivity index (χ3v) is 3.51. The number of primary amides is 1. The minimum absolute atomic E-state index is 0.00777. The predicted octanol–water partition coefficient (Wildman–Crippen LogP) is 1.41. The lowest BCUT2D eigenvalue weighted by molar-refractivity contribution is 0.0996. The number of hydrogen-bond donors (Lipinski definition) is 2. The van der Waals surface area contributed by atoms with E-state index in [1.54, 1.807) is 24.5 Å². The monoisotopic (exact) mass is 290 g/mol. The fraction of sp³-hybridized carbons (Fsp3) is 0. The number of fused-ring (bicyclic) bond motifs is 6. The number of benzene rings is 1. The highest BCUT2D eigenvalue weighted by molar-refractivity contribution is 6.21. The van der Waals surface area contributed by atoms with E-state index in [1.165, 1.54) is 0 Å². The van der Waals surface area contributed by atoms with Crippen LogP contribution in [-0.2, 0) is 0 Å². The van der Waals surface area contributed by atoms with Crippen LogP contribution >= 0.6 is 0 Å². The molecule has 0 aliphatic rings. The first-order valence-electron chi connectivity index (χ1n) is 6.55. The van der Waals surface area contributed by atoms with Crippen LogP contribution < -0.4 is 11.5 Å². The summed E-state index contributed by atoms with van der Waals surface area (Å²) in [5.41, 5.74) is 13.6. The predicted molar refractivity (Wildman–Crippen MR) is 83.1 cm³/mol. The van der Waals surface area contributed by atoms with Crippen LogP contribution in [0.1, 0.15) is 10.5 Å². The van der Waals surface area contributed by atoms with Crippen LogP contribution in [0.2, 0.25) is 0 Å². The number of nitrogen functional groups attached to an aromatic ring is 1. The summed E-state index contributed by atoms with van der Waals surface area (Å²) in [6, 6.07) is 7.32. The van der Waals surface area contributed by atoms with Crippen molar-refractivity contribution in [2.75, 3.05) is 5.73 Å². The largest absolute Gasteiger partial charge is 0.382 e. The van der Waals surface area contributed by atoms with E-state index in [0.717, 1.165) is 10.8 Å². The van der Waals surface area contributed by atoms with Crippen molar-refractivity contribution in [3.8, 4) is 0 Å². The zero-order valence-electron chi connectivity index (χ0n) is 11.3. The Morgan fingerprint density at radius 2 is 1.41 bits per heavy atom. The van der Waals surface area contributed by atoms with Gasteiger partial charge in [-0.05, 0) is 24.3 Å². The van der Waals surface area contributed by atoms with E-state index in [4.69, 9.17) is 11.5 Å². The van der Waals surface area contributed by atoms with E-state index in [2.05, 4.69) is 19.9 Å². The lowest BCUT2D eigenvalue weighted by Crippen LogP contribution is -2.17. The molecule has 0 aliphatic carbocycles. The molecule has 0 spiro atoms. The van der Waals surface area contributed by atoms with E-state index < -0.39 is 5.91 Å². The molecule has 0 bridgehead atoms. The maximum absolute atomic E-state index is 11.5. The van der Waals surface area contributed by atoms with E-state index >= 15 is 0 Å². The molecule has 106 valence electrons. The number of carbonyl (C=O) groups is 1. The summed E-state index contributed by atoms with van der Waals surface area (Å²) >= 11 is 0. The van der Waals surface area contributed by atoms with Gasteiger partial charge < -0.3 is 11.5 Å². The highest BCUT2D eigenvalue weighted by Crippen LogP contribution is 2.31. The van der Waals surface area contributed by atoms with E-state index in [9.17, 15) is 4.79 Å². The number of pyridine rings is 2. The Bertz CT molecular complexity index is 1080. The van der Waals surface area contributed by atoms with Crippen LogP contribution in [0.3, 0.4) is 0 Å². The molecule has 0 radical (unpaired) electrons. The van der Waals surface area contributed by atoms with Gasteiger partial charge in [0.1, 0.15) is 5.52 Å². The van der Waals surface area contributed by atoms with Crippen LogP contribution in [-0.4, -0.2) is 25.8 Å². The van der Waals surface area contributed by atoms with Gasteiger partial charge in [-0.25, -0.2) is 9.97 Å². The first-order chi connectivity index (χ1) is 10.7. The molecule has 3 heterocycles.